The van der Waals surface area contributed by atoms with Crippen LogP contribution in [0.3, 0.4) is 0 Å². The predicted molar refractivity (Wildman–Crippen MR) is 97.4 cm³/mol. The first-order valence-electron chi connectivity index (χ1n) is 7.84. The average Bonchev–Trinajstić information content (AvgIpc) is 2.57. The van der Waals surface area contributed by atoms with E-state index in [1.807, 2.05) is 0 Å². The van der Waals surface area contributed by atoms with E-state index >= 15 is 0 Å². The molecule has 1 amide bonds. The summed E-state index contributed by atoms with van der Waals surface area (Å²) in [6.45, 7) is 3.39. The van der Waals surface area contributed by atoms with Crippen molar-refractivity contribution in [2.45, 2.75) is 26.4 Å². The lowest BCUT2D eigenvalue weighted by atomic mass is 10.1. The Balaban J connectivity index is 2.06. The van der Waals surface area contributed by atoms with E-state index in [1.54, 1.807) is 55.3 Å². The van der Waals surface area contributed by atoms with Gasteiger partial charge in [0.15, 0.2) is 5.78 Å². The maximum Gasteiger partial charge on any atom is 0.241 e. The highest BCUT2D eigenvalue weighted by Gasteiger charge is 2.20. The minimum Gasteiger partial charge on any atom is -0.325 e. The number of hydrogen-bond acceptors (Lipinski definition) is 3. The molecule has 0 unspecified atom stereocenters. The Hall–Kier alpha value is -2.24. The number of nitrogens with one attached hydrogen (secondary N) is 1. The van der Waals surface area contributed by atoms with Crippen LogP contribution < -0.4 is 5.32 Å². The number of amides is 1. The molecule has 0 heterocycles. The van der Waals surface area contributed by atoms with E-state index in [-0.39, 0.29) is 18.2 Å². The molecule has 0 radical (unpaired) electrons. The normalized spacial score (nSPS) is 12.1. The molecule has 1 N–H and O–H groups in total. The first-order chi connectivity index (χ1) is 11.8. The fraction of sp³-hybridized carbons (Fsp3) is 0.263. The zero-order chi connectivity index (χ0) is 18.6. The number of nitrogens with zero attached hydrogens (tertiary/aromatic N) is 1. The molecule has 0 bridgehead atoms. The summed E-state index contributed by atoms with van der Waals surface area (Å²) in [5, 5.41) is 3.10. The molecule has 0 saturated heterocycles. The number of anilines is 1. The Labute approximate surface area is 151 Å². The molecule has 25 heavy (non-hydrogen) atoms. The fourth-order valence-electron chi connectivity index (χ4n) is 2.33. The number of rotatable bonds is 6. The van der Waals surface area contributed by atoms with Gasteiger partial charge < -0.3 is 5.32 Å². The van der Waals surface area contributed by atoms with Gasteiger partial charge in [-0.1, -0.05) is 29.8 Å². The number of ketones is 1. The summed E-state index contributed by atoms with van der Waals surface area (Å²) >= 11 is 6.04. The molecule has 6 heteroatoms. The van der Waals surface area contributed by atoms with Gasteiger partial charge in [0.25, 0.3) is 0 Å². The summed E-state index contributed by atoms with van der Waals surface area (Å²) in [4.78, 5) is 25.6. The molecule has 0 spiro atoms. The van der Waals surface area contributed by atoms with Gasteiger partial charge >= 0.3 is 0 Å². The van der Waals surface area contributed by atoms with Crippen LogP contribution >= 0.6 is 11.6 Å². The monoisotopic (exact) mass is 362 g/mol. The van der Waals surface area contributed by atoms with Crippen LogP contribution in [0.4, 0.5) is 10.1 Å². The third kappa shape index (κ3) is 4.87. The predicted octanol–water partition coefficient (Wildman–Crippen LogP) is 4.14. The SMILES string of the molecule is CC(=O)c1cccc(NC(=O)[C@@H](C)N(C)Cc2c(F)cccc2Cl)c1. The van der Waals surface area contributed by atoms with Gasteiger partial charge in [0, 0.05) is 28.4 Å². The topological polar surface area (TPSA) is 49.4 Å². The van der Waals surface area contributed by atoms with Crippen molar-refractivity contribution in [3.63, 3.8) is 0 Å². The van der Waals surface area contributed by atoms with Crippen molar-refractivity contribution in [2.75, 3.05) is 12.4 Å². The molecule has 2 rings (SSSR count). The smallest absolute Gasteiger partial charge is 0.241 e. The summed E-state index contributed by atoms with van der Waals surface area (Å²) in [5.74, 6) is -0.729. The van der Waals surface area contributed by atoms with Crippen molar-refractivity contribution in [2.24, 2.45) is 0 Å². The van der Waals surface area contributed by atoms with E-state index in [9.17, 15) is 14.0 Å². The van der Waals surface area contributed by atoms with Crippen molar-refractivity contribution in [1.29, 1.82) is 0 Å². The summed E-state index contributed by atoms with van der Waals surface area (Å²) in [7, 11) is 1.72. The van der Waals surface area contributed by atoms with Gasteiger partial charge in [-0.15, -0.1) is 0 Å². The van der Waals surface area contributed by atoms with E-state index in [0.29, 0.717) is 21.8 Å². The summed E-state index contributed by atoms with van der Waals surface area (Å²) < 4.78 is 13.9. The van der Waals surface area contributed by atoms with Gasteiger partial charge in [-0.3, -0.25) is 14.5 Å². The van der Waals surface area contributed by atoms with Gasteiger partial charge in [0.1, 0.15) is 5.82 Å². The second kappa shape index (κ2) is 8.23. The molecule has 2 aromatic carbocycles. The summed E-state index contributed by atoms with van der Waals surface area (Å²) in [5.41, 5.74) is 1.42. The zero-order valence-corrected chi connectivity index (χ0v) is 15.1. The standard InChI is InChI=1S/C19H20ClFN2O2/c1-12(23(3)11-16-17(20)8-5-9-18(16)21)19(25)22-15-7-4-6-14(10-15)13(2)24/h4-10,12H,11H2,1-3H3,(H,22,25)/t12-/m1/s1. The van der Waals surface area contributed by atoms with Gasteiger partial charge in [0.2, 0.25) is 5.91 Å². The first-order valence-corrected chi connectivity index (χ1v) is 8.22. The largest absolute Gasteiger partial charge is 0.325 e. The Bertz CT molecular complexity index is 774. The van der Waals surface area contributed by atoms with Gasteiger partial charge in [-0.2, -0.15) is 0 Å². The molecule has 2 aromatic rings. The summed E-state index contributed by atoms with van der Waals surface area (Å²) in [6.07, 6.45) is 0. The maximum absolute atomic E-state index is 13.9. The number of carbonyl (C=O) groups excluding carboxylic acids is 2. The first kappa shape index (κ1) is 19.1. The Morgan fingerprint density at radius 1 is 1.24 bits per heavy atom. The average molecular weight is 363 g/mol. The lowest BCUT2D eigenvalue weighted by Crippen LogP contribution is -2.39. The quantitative estimate of drug-likeness (QED) is 0.786. The number of hydrogen-bond donors (Lipinski definition) is 1. The number of likely N-dealkylation sites (N-methyl/N-ethyl adjacent to an activating group) is 1. The molecule has 0 aliphatic carbocycles. The molecule has 4 nitrogen and oxygen atoms in total. The van der Waals surface area contributed by atoms with E-state index in [1.165, 1.54) is 13.0 Å². The third-order valence-electron chi connectivity index (χ3n) is 4.05. The molecular formula is C19H20ClFN2O2. The third-order valence-corrected chi connectivity index (χ3v) is 4.40. The number of Topliss-reactive ketones (excluding diaryl/α,β-unsaturated/α-hetero) is 1. The van der Waals surface area contributed by atoms with Crippen molar-refractivity contribution in [3.05, 3.63) is 64.4 Å². The minimum absolute atomic E-state index is 0.0736. The van der Waals surface area contributed by atoms with Crippen LogP contribution in [-0.4, -0.2) is 29.7 Å². The maximum atomic E-state index is 13.9. The molecular weight excluding hydrogens is 343 g/mol. The second-order valence-corrected chi connectivity index (χ2v) is 6.32. The molecule has 0 fully saturated rings. The Morgan fingerprint density at radius 3 is 2.56 bits per heavy atom. The van der Waals surface area contributed by atoms with Crippen molar-refractivity contribution in [3.8, 4) is 0 Å². The highest BCUT2D eigenvalue weighted by Crippen LogP contribution is 2.21. The molecule has 0 aliphatic heterocycles. The Kier molecular flexibility index (Phi) is 6.28. The van der Waals surface area contributed by atoms with Crippen LogP contribution in [0, 0.1) is 5.82 Å². The van der Waals surface area contributed by atoms with Crippen LogP contribution in [-0.2, 0) is 11.3 Å². The van der Waals surface area contributed by atoms with Crippen LogP contribution in [0.2, 0.25) is 5.02 Å². The van der Waals surface area contributed by atoms with E-state index in [4.69, 9.17) is 11.6 Å². The number of carbonyl (C=O) groups is 2. The van der Waals surface area contributed by atoms with Crippen molar-refractivity contribution >= 4 is 29.0 Å². The molecule has 132 valence electrons. The number of benzene rings is 2. The van der Waals surface area contributed by atoms with Gasteiger partial charge in [-0.05, 0) is 45.2 Å². The second-order valence-electron chi connectivity index (χ2n) is 5.92. The lowest BCUT2D eigenvalue weighted by Gasteiger charge is -2.24. The zero-order valence-electron chi connectivity index (χ0n) is 14.3. The van der Waals surface area contributed by atoms with Crippen molar-refractivity contribution in [1.82, 2.24) is 4.90 Å². The molecule has 1 atom stereocenters. The fourth-order valence-corrected chi connectivity index (χ4v) is 2.56. The minimum atomic E-state index is -0.517. The Morgan fingerprint density at radius 2 is 1.92 bits per heavy atom. The van der Waals surface area contributed by atoms with Gasteiger partial charge in [0.05, 0.1) is 6.04 Å². The van der Waals surface area contributed by atoms with Crippen LogP contribution in [0.25, 0.3) is 0 Å². The summed E-state index contributed by atoms with van der Waals surface area (Å²) in [6, 6.07) is 10.7. The number of halogens is 2. The van der Waals surface area contributed by atoms with E-state index in [2.05, 4.69) is 5.32 Å². The highest BCUT2D eigenvalue weighted by atomic mass is 35.5. The molecule has 0 saturated carbocycles. The highest BCUT2D eigenvalue weighted by molar-refractivity contribution is 6.31. The van der Waals surface area contributed by atoms with Crippen LogP contribution in [0.15, 0.2) is 42.5 Å². The van der Waals surface area contributed by atoms with Crippen LogP contribution in [0.1, 0.15) is 29.8 Å². The molecule has 0 aliphatic rings. The molecule has 0 aromatic heterocycles. The van der Waals surface area contributed by atoms with Gasteiger partial charge in [-0.25, -0.2) is 4.39 Å². The lowest BCUT2D eigenvalue weighted by molar-refractivity contribution is -0.120. The van der Waals surface area contributed by atoms with Crippen LogP contribution in [0.5, 0.6) is 0 Å². The van der Waals surface area contributed by atoms with E-state index in [0.717, 1.165) is 0 Å². The van der Waals surface area contributed by atoms with Crippen molar-refractivity contribution < 1.29 is 14.0 Å². The van der Waals surface area contributed by atoms with E-state index < -0.39 is 11.9 Å².